The predicted octanol–water partition coefficient (Wildman–Crippen LogP) is 1.33. The van der Waals surface area contributed by atoms with Crippen LogP contribution in [0.25, 0.3) is 0 Å². The van der Waals surface area contributed by atoms with Gasteiger partial charge in [-0.2, -0.15) is 0 Å². The van der Waals surface area contributed by atoms with E-state index in [-0.39, 0.29) is 11.0 Å². The number of aromatic hydroxyl groups is 1. The summed E-state index contributed by atoms with van der Waals surface area (Å²) in [5, 5.41) is 8.86. The van der Waals surface area contributed by atoms with Crippen molar-refractivity contribution in [1.29, 1.82) is 0 Å². The minimum absolute atomic E-state index is 0.179. The van der Waals surface area contributed by atoms with Crippen molar-refractivity contribution in [3.05, 3.63) is 29.8 Å². The number of ether oxygens (including phenoxy) is 1. The van der Waals surface area contributed by atoms with Crippen LogP contribution in [0.3, 0.4) is 0 Å². The molecule has 0 amide bonds. The number of hydrogen-bond acceptors (Lipinski definition) is 4. The number of phenols is 1. The summed E-state index contributed by atoms with van der Waals surface area (Å²) in [7, 11) is -1.68. The van der Waals surface area contributed by atoms with Gasteiger partial charge in [0.15, 0.2) is 0 Å². The first-order valence-corrected chi connectivity index (χ1v) is 7.81. The van der Waals surface area contributed by atoms with E-state index in [0.29, 0.717) is 32.6 Å². The Morgan fingerprint density at radius 2 is 1.84 bits per heavy atom. The van der Waals surface area contributed by atoms with Gasteiger partial charge in [0.2, 0.25) is 10.0 Å². The first-order valence-electron chi connectivity index (χ1n) is 6.31. The van der Waals surface area contributed by atoms with Gasteiger partial charge in [0.1, 0.15) is 5.75 Å². The summed E-state index contributed by atoms with van der Waals surface area (Å²) in [5.41, 5.74) is 0.857. The molecule has 0 aromatic heterocycles. The molecule has 5 nitrogen and oxygen atoms in total. The monoisotopic (exact) mass is 285 g/mol. The van der Waals surface area contributed by atoms with Crippen molar-refractivity contribution in [1.82, 2.24) is 4.31 Å². The van der Waals surface area contributed by atoms with E-state index < -0.39 is 10.0 Å². The van der Waals surface area contributed by atoms with E-state index in [2.05, 4.69) is 0 Å². The van der Waals surface area contributed by atoms with Gasteiger partial charge in [-0.3, -0.25) is 0 Å². The number of benzene rings is 1. The quantitative estimate of drug-likeness (QED) is 0.906. The second-order valence-corrected chi connectivity index (χ2v) is 7.10. The van der Waals surface area contributed by atoms with Crippen LogP contribution in [0.15, 0.2) is 24.3 Å². The smallest absolute Gasteiger partial charge is 0.217 e. The molecule has 106 valence electrons. The Kier molecular flexibility index (Phi) is 4.44. The zero-order valence-corrected chi connectivity index (χ0v) is 11.8. The molecule has 2 rings (SSSR count). The molecule has 6 heteroatoms. The van der Waals surface area contributed by atoms with Crippen molar-refractivity contribution in [2.45, 2.75) is 24.6 Å². The molecule has 1 fully saturated rings. The molecule has 0 atom stereocenters. The van der Waals surface area contributed by atoms with Gasteiger partial charge in [-0.25, -0.2) is 12.7 Å². The molecule has 1 aromatic carbocycles. The highest BCUT2D eigenvalue weighted by Crippen LogP contribution is 2.20. The third kappa shape index (κ3) is 3.46. The summed E-state index contributed by atoms with van der Waals surface area (Å²) >= 11 is 0. The molecule has 1 N–H and O–H groups in total. The van der Waals surface area contributed by atoms with E-state index in [0.717, 1.165) is 5.56 Å². The zero-order valence-electron chi connectivity index (χ0n) is 10.9. The minimum Gasteiger partial charge on any atom is -0.508 e. The van der Waals surface area contributed by atoms with Gasteiger partial charge < -0.3 is 9.84 Å². The van der Waals surface area contributed by atoms with Gasteiger partial charge in [0.05, 0.1) is 5.25 Å². The van der Waals surface area contributed by atoms with Crippen molar-refractivity contribution < 1.29 is 18.3 Å². The highest BCUT2D eigenvalue weighted by molar-refractivity contribution is 7.89. The Balaban J connectivity index is 2.05. The van der Waals surface area contributed by atoms with Crippen LogP contribution >= 0.6 is 0 Å². The standard InChI is InChI=1S/C13H19NO4S/c1-14(10-11-2-4-12(15)5-3-11)19(16,17)13-6-8-18-9-7-13/h2-5,13,15H,6-10H2,1H3. The lowest BCUT2D eigenvalue weighted by molar-refractivity contribution is 0.0973. The maximum atomic E-state index is 12.4. The van der Waals surface area contributed by atoms with Crippen LogP contribution in [0, 0.1) is 0 Å². The first-order chi connectivity index (χ1) is 9.00. The molecule has 0 saturated carbocycles. The van der Waals surface area contributed by atoms with Crippen molar-refractivity contribution in [2.24, 2.45) is 0 Å². The Morgan fingerprint density at radius 3 is 2.42 bits per heavy atom. The second-order valence-electron chi connectivity index (χ2n) is 4.78. The van der Waals surface area contributed by atoms with Crippen LogP contribution in [0.1, 0.15) is 18.4 Å². The van der Waals surface area contributed by atoms with E-state index in [1.807, 2.05) is 0 Å². The highest BCUT2D eigenvalue weighted by Gasteiger charge is 2.31. The van der Waals surface area contributed by atoms with Crippen molar-refractivity contribution in [3.8, 4) is 5.75 Å². The minimum atomic E-state index is -3.28. The van der Waals surface area contributed by atoms with E-state index in [9.17, 15) is 13.5 Å². The lowest BCUT2D eigenvalue weighted by Crippen LogP contribution is -2.38. The van der Waals surface area contributed by atoms with Gasteiger partial charge in [-0.1, -0.05) is 12.1 Å². The van der Waals surface area contributed by atoms with Crippen LogP contribution < -0.4 is 0 Å². The number of rotatable bonds is 4. The number of sulfonamides is 1. The average molecular weight is 285 g/mol. The molecule has 1 aromatic rings. The molecule has 0 spiro atoms. The lowest BCUT2D eigenvalue weighted by Gasteiger charge is -2.27. The van der Waals surface area contributed by atoms with Gasteiger partial charge in [-0.15, -0.1) is 0 Å². The molecule has 0 unspecified atom stereocenters. The largest absolute Gasteiger partial charge is 0.508 e. The Hall–Kier alpha value is -1.11. The molecule has 0 bridgehead atoms. The van der Waals surface area contributed by atoms with Crippen LogP contribution in [-0.2, 0) is 21.3 Å². The summed E-state index contributed by atoms with van der Waals surface area (Å²) in [6.07, 6.45) is 1.12. The number of hydrogen-bond donors (Lipinski definition) is 1. The lowest BCUT2D eigenvalue weighted by atomic mass is 10.2. The maximum absolute atomic E-state index is 12.4. The van der Waals surface area contributed by atoms with Crippen molar-refractivity contribution >= 4 is 10.0 Å². The highest BCUT2D eigenvalue weighted by atomic mass is 32.2. The summed E-state index contributed by atoms with van der Waals surface area (Å²) in [4.78, 5) is 0. The topological polar surface area (TPSA) is 66.8 Å². The Morgan fingerprint density at radius 1 is 1.26 bits per heavy atom. The van der Waals surface area contributed by atoms with E-state index >= 15 is 0 Å². The van der Waals surface area contributed by atoms with E-state index in [4.69, 9.17) is 4.74 Å². The fourth-order valence-electron chi connectivity index (χ4n) is 2.18. The Labute approximate surface area is 113 Å². The molecular weight excluding hydrogens is 266 g/mol. The van der Waals surface area contributed by atoms with Crippen LogP contribution in [0.5, 0.6) is 5.75 Å². The van der Waals surface area contributed by atoms with E-state index in [1.54, 1.807) is 31.3 Å². The number of nitrogens with zero attached hydrogens (tertiary/aromatic N) is 1. The fourth-order valence-corrected chi connectivity index (χ4v) is 3.80. The van der Waals surface area contributed by atoms with Gasteiger partial charge >= 0.3 is 0 Å². The maximum Gasteiger partial charge on any atom is 0.217 e. The first kappa shape index (κ1) is 14.3. The van der Waals surface area contributed by atoms with Crippen molar-refractivity contribution in [2.75, 3.05) is 20.3 Å². The third-order valence-electron chi connectivity index (χ3n) is 3.37. The van der Waals surface area contributed by atoms with Crippen LogP contribution in [0.2, 0.25) is 0 Å². The molecule has 1 aliphatic heterocycles. The molecule has 1 saturated heterocycles. The summed E-state index contributed by atoms with van der Waals surface area (Å²) in [6, 6.07) is 6.57. The molecule has 1 aliphatic rings. The van der Waals surface area contributed by atoms with E-state index in [1.165, 1.54) is 4.31 Å². The predicted molar refractivity (Wildman–Crippen MR) is 72.3 cm³/mol. The molecule has 19 heavy (non-hydrogen) atoms. The normalized spacial score (nSPS) is 17.8. The number of phenolic OH excluding ortho intramolecular Hbond substituents is 1. The fraction of sp³-hybridized carbons (Fsp3) is 0.538. The summed E-state index contributed by atoms with van der Waals surface area (Å²) in [5.74, 6) is 0.179. The molecule has 0 aliphatic carbocycles. The molecule has 1 heterocycles. The Bertz CT molecular complexity index is 506. The van der Waals surface area contributed by atoms with Crippen molar-refractivity contribution in [3.63, 3.8) is 0 Å². The third-order valence-corrected chi connectivity index (χ3v) is 5.68. The van der Waals surface area contributed by atoms with Crippen LogP contribution in [-0.4, -0.2) is 43.3 Å². The van der Waals surface area contributed by atoms with Gasteiger partial charge in [0, 0.05) is 26.8 Å². The summed E-state index contributed by atoms with van der Waals surface area (Å²) in [6.45, 7) is 1.34. The van der Waals surface area contributed by atoms with Gasteiger partial charge in [-0.05, 0) is 30.5 Å². The SMILES string of the molecule is CN(Cc1ccc(O)cc1)S(=O)(=O)C1CCOCC1. The molecular formula is C13H19NO4S. The average Bonchev–Trinajstić information content (AvgIpc) is 2.42. The zero-order chi connectivity index (χ0) is 13.9. The molecule has 0 radical (unpaired) electrons. The van der Waals surface area contributed by atoms with Crippen LogP contribution in [0.4, 0.5) is 0 Å². The summed E-state index contributed by atoms with van der Waals surface area (Å²) < 4.78 is 31.3. The van der Waals surface area contributed by atoms with Gasteiger partial charge in [0.25, 0.3) is 0 Å². The second kappa shape index (κ2) is 5.90.